The van der Waals surface area contributed by atoms with Crippen molar-refractivity contribution in [3.8, 4) is 0 Å². The zero-order chi connectivity index (χ0) is 28.1. The van der Waals surface area contributed by atoms with Crippen LogP contribution in [0, 0.1) is 0 Å². The summed E-state index contributed by atoms with van der Waals surface area (Å²) in [5.41, 5.74) is 0. The van der Waals surface area contributed by atoms with Crippen molar-refractivity contribution >= 4 is 11.9 Å². The lowest BCUT2D eigenvalue weighted by Crippen LogP contribution is -2.41. The second-order valence-electron chi connectivity index (χ2n) is 11.0. The fourth-order valence-electron chi connectivity index (χ4n) is 4.66. The number of carbonyl (C=O) groups excluding carboxylic acids is 2. The monoisotopic (exact) mass is 542 g/mol. The number of unbranched alkanes of at least 4 members (excludes halogenated alkanes) is 22. The van der Waals surface area contributed by atoms with E-state index >= 15 is 0 Å². The van der Waals surface area contributed by atoms with Gasteiger partial charge in [0.05, 0.1) is 13.2 Å². The van der Waals surface area contributed by atoms with Gasteiger partial charge in [-0.3, -0.25) is 0 Å². The van der Waals surface area contributed by atoms with E-state index in [1.54, 1.807) is 0 Å². The molecule has 0 rings (SSSR count). The summed E-state index contributed by atoms with van der Waals surface area (Å²) in [5.74, 6) is -1.94. The maximum absolute atomic E-state index is 11.9. The lowest BCUT2D eigenvalue weighted by Gasteiger charge is -2.16. The van der Waals surface area contributed by atoms with Gasteiger partial charge < -0.3 is 19.7 Å². The maximum Gasteiger partial charge on any atom is 0.338 e. The summed E-state index contributed by atoms with van der Waals surface area (Å²) in [6.45, 7) is 4.86. The quantitative estimate of drug-likeness (QED) is 0.0731. The molecule has 0 aliphatic rings. The highest BCUT2D eigenvalue weighted by Gasteiger charge is 2.32. The molecular formula is C32H62O6. The van der Waals surface area contributed by atoms with E-state index in [0.717, 1.165) is 38.5 Å². The number of esters is 2. The fourth-order valence-corrected chi connectivity index (χ4v) is 4.66. The van der Waals surface area contributed by atoms with Crippen LogP contribution in [0.4, 0.5) is 0 Å². The molecule has 6 nitrogen and oxygen atoms in total. The van der Waals surface area contributed by atoms with Crippen LogP contribution >= 0.6 is 0 Å². The molecule has 0 aliphatic carbocycles. The Bertz CT molecular complexity index is 478. The molecule has 0 bridgehead atoms. The minimum absolute atomic E-state index is 0.188. The van der Waals surface area contributed by atoms with E-state index in [0.29, 0.717) is 0 Å². The van der Waals surface area contributed by atoms with Crippen molar-refractivity contribution in [1.82, 2.24) is 0 Å². The summed E-state index contributed by atoms with van der Waals surface area (Å²) in [7, 11) is 0. The third-order valence-corrected chi connectivity index (χ3v) is 7.27. The molecule has 0 spiro atoms. The Morgan fingerprint density at radius 2 is 0.632 bits per heavy atom. The predicted molar refractivity (Wildman–Crippen MR) is 156 cm³/mol. The van der Waals surface area contributed by atoms with Crippen LogP contribution in [0.5, 0.6) is 0 Å². The van der Waals surface area contributed by atoms with Gasteiger partial charge >= 0.3 is 11.9 Å². The summed E-state index contributed by atoms with van der Waals surface area (Å²) in [6.07, 6.45) is 25.3. The van der Waals surface area contributed by atoms with Crippen LogP contribution in [0.3, 0.4) is 0 Å². The van der Waals surface area contributed by atoms with Crippen LogP contribution in [0.25, 0.3) is 0 Å². The smallest absolute Gasteiger partial charge is 0.338 e. The molecule has 38 heavy (non-hydrogen) atoms. The molecule has 0 radical (unpaired) electrons. The van der Waals surface area contributed by atoms with Crippen molar-refractivity contribution in [2.24, 2.45) is 0 Å². The van der Waals surface area contributed by atoms with Gasteiger partial charge in [0.1, 0.15) is 0 Å². The number of ether oxygens (including phenoxy) is 2. The number of aliphatic hydroxyl groups is 2. The molecule has 0 aromatic heterocycles. The first-order chi connectivity index (χ1) is 18.5. The Labute approximate surface area is 234 Å². The molecule has 0 fully saturated rings. The SMILES string of the molecule is CCCCCCCCCCCCCCOC(=O)[C@H](O)[C@@H](O)C(=O)OCCCCCCCCCCCCCC. The Hall–Kier alpha value is -1.14. The van der Waals surface area contributed by atoms with Crippen LogP contribution < -0.4 is 0 Å². The minimum Gasteiger partial charge on any atom is -0.464 e. The number of aliphatic hydroxyl groups excluding tert-OH is 2. The number of carbonyl (C=O) groups is 2. The van der Waals surface area contributed by atoms with E-state index in [1.165, 1.54) is 116 Å². The molecule has 6 heteroatoms. The summed E-state index contributed by atoms with van der Waals surface area (Å²) in [6, 6.07) is 0. The van der Waals surface area contributed by atoms with Gasteiger partial charge in [-0.05, 0) is 12.8 Å². The average molecular weight is 543 g/mol. The number of hydrogen-bond donors (Lipinski definition) is 2. The molecule has 0 heterocycles. The molecule has 0 aromatic carbocycles. The van der Waals surface area contributed by atoms with Crippen molar-refractivity contribution in [3.05, 3.63) is 0 Å². The molecule has 226 valence electrons. The lowest BCUT2D eigenvalue weighted by atomic mass is 10.1. The van der Waals surface area contributed by atoms with E-state index in [2.05, 4.69) is 13.8 Å². The third kappa shape index (κ3) is 23.9. The third-order valence-electron chi connectivity index (χ3n) is 7.27. The van der Waals surface area contributed by atoms with Crippen LogP contribution in [-0.4, -0.2) is 47.6 Å². The zero-order valence-electron chi connectivity index (χ0n) is 25.1. The topological polar surface area (TPSA) is 93.1 Å². The van der Waals surface area contributed by atoms with E-state index in [-0.39, 0.29) is 13.2 Å². The van der Waals surface area contributed by atoms with Crippen molar-refractivity contribution in [2.75, 3.05) is 13.2 Å². The van der Waals surface area contributed by atoms with Gasteiger partial charge in [-0.25, -0.2) is 9.59 Å². The Morgan fingerprint density at radius 1 is 0.421 bits per heavy atom. The lowest BCUT2D eigenvalue weighted by molar-refractivity contribution is -0.173. The Balaban J connectivity index is 3.58. The van der Waals surface area contributed by atoms with Gasteiger partial charge in [-0.15, -0.1) is 0 Å². The standard InChI is InChI=1S/C32H62O6/c1-3-5-7-9-11-13-15-17-19-21-23-25-27-37-31(35)29(33)30(34)32(36)38-28-26-24-22-20-18-16-14-12-10-8-6-4-2/h29-30,33-34H,3-28H2,1-2H3/t29-,30-/m1/s1. The first-order valence-electron chi connectivity index (χ1n) is 16.2. The molecule has 0 saturated carbocycles. The number of rotatable bonds is 29. The van der Waals surface area contributed by atoms with E-state index in [4.69, 9.17) is 9.47 Å². The summed E-state index contributed by atoms with van der Waals surface area (Å²) >= 11 is 0. The first-order valence-corrected chi connectivity index (χ1v) is 16.2. The molecule has 2 N–H and O–H groups in total. The summed E-state index contributed by atoms with van der Waals surface area (Å²) < 4.78 is 10.1. The molecular weight excluding hydrogens is 480 g/mol. The minimum atomic E-state index is -1.90. The second kappa shape index (κ2) is 28.9. The van der Waals surface area contributed by atoms with Gasteiger partial charge in [-0.2, -0.15) is 0 Å². The highest BCUT2D eigenvalue weighted by Crippen LogP contribution is 2.13. The maximum atomic E-state index is 11.9. The van der Waals surface area contributed by atoms with Gasteiger partial charge in [0.2, 0.25) is 0 Å². The first kappa shape index (κ1) is 36.9. The average Bonchev–Trinajstić information content (AvgIpc) is 2.92. The predicted octanol–water partition coefficient (Wildman–Crippen LogP) is 8.20. The van der Waals surface area contributed by atoms with Crippen molar-refractivity contribution in [3.63, 3.8) is 0 Å². The molecule has 0 saturated heterocycles. The van der Waals surface area contributed by atoms with Crippen LogP contribution in [0.15, 0.2) is 0 Å². The van der Waals surface area contributed by atoms with Gasteiger partial charge in [0, 0.05) is 0 Å². The second-order valence-corrected chi connectivity index (χ2v) is 11.0. The fraction of sp³-hybridized carbons (Fsp3) is 0.938. The van der Waals surface area contributed by atoms with Crippen molar-refractivity contribution < 1.29 is 29.3 Å². The van der Waals surface area contributed by atoms with E-state index in [1.807, 2.05) is 0 Å². The van der Waals surface area contributed by atoms with Crippen molar-refractivity contribution in [2.45, 2.75) is 180 Å². The summed E-state index contributed by atoms with van der Waals surface area (Å²) in [5, 5.41) is 19.9. The highest BCUT2D eigenvalue weighted by atomic mass is 16.6. The molecule has 0 unspecified atom stereocenters. The number of hydrogen-bond acceptors (Lipinski definition) is 6. The van der Waals surface area contributed by atoms with Crippen LogP contribution in [0.2, 0.25) is 0 Å². The molecule has 0 aliphatic heterocycles. The van der Waals surface area contributed by atoms with Crippen molar-refractivity contribution in [1.29, 1.82) is 0 Å². The van der Waals surface area contributed by atoms with E-state index in [9.17, 15) is 19.8 Å². The normalized spacial score (nSPS) is 12.8. The van der Waals surface area contributed by atoms with Crippen LogP contribution in [0.1, 0.15) is 168 Å². The highest BCUT2D eigenvalue weighted by molar-refractivity contribution is 5.85. The Morgan fingerprint density at radius 3 is 0.868 bits per heavy atom. The van der Waals surface area contributed by atoms with Gasteiger partial charge in [-0.1, -0.05) is 155 Å². The van der Waals surface area contributed by atoms with Gasteiger partial charge in [0.25, 0.3) is 0 Å². The Kier molecular flexibility index (Phi) is 28.0. The molecule has 2 atom stereocenters. The van der Waals surface area contributed by atoms with Gasteiger partial charge in [0.15, 0.2) is 12.2 Å². The molecule has 0 aromatic rings. The molecule has 0 amide bonds. The summed E-state index contributed by atoms with van der Waals surface area (Å²) in [4.78, 5) is 23.9. The van der Waals surface area contributed by atoms with Crippen LogP contribution in [-0.2, 0) is 19.1 Å². The zero-order valence-corrected chi connectivity index (χ0v) is 25.1. The largest absolute Gasteiger partial charge is 0.464 e. The van der Waals surface area contributed by atoms with E-state index < -0.39 is 24.1 Å².